The summed E-state index contributed by atoms with van der Waals surface area (Å²) >= 11 is 0. The molecule has 2 aliphatic rings. The van der Waals surface area contributed by atoms with Crippen molar-refractivity contribution in [2.45, 2.75) is 39.0 Å². The second-order valence-corrected chi connectivity index (χ2v) is 4.81. The summed E-state index contributed by atoms with van der Waals surface area (Å²) in [5.41, 5.74) is 2.65. The highest BCUT2D eigenvalue weighted by Crippen LogP contribution is 2.42. The Morgan fingerprint density at radius 3 is 3.13 bits per heavy atom. The third-order valence-corrected chi connectivity index (χ3v) is 3.70. The Hall–Kier alpha value is -1.05. The van der Waals surface area contributed by atoms with Gasteiger partial charge in [-0.2, -0.15) is 0 Å². The van der Waals surface area contributed by atoms with Crippen LogP contribution in [0, 0.1) is 11.8 Å². The Bertz CT molecular complexity index is 325. The van der Waals surface area contributed by atoms with Gasteiger partial charge in [0, 0.05) is 6.08 Å². The minimum absolute atomic E-state index is 0.513. The quantitative estimate of drug-likeness (QED) is 0.528. The first-order valence-corrected chi connectivity index (χ1v) is 5.76. The summed E-state index contributed by atoms with van der Waals surface area (Å²) in [6.07, 6.45) is 9.37. The number of carbonyl (C=O) groups is 1. The molecular formula is C13H18O2. The first kappa shape index (κ1) is 10.5. The molecule has 0 aromatic carbocycles. The molecule has 0 aromatic heterocycles. The molecule has 1 fully saturated rings. The van der Waals surface area contributed by atoms with Gasteiger partial charge in [-0.3, -0.25) is 0 Å². The fourth-order valence-corrected chi connectivity index (χ4v) is 3.01. The van der Waals surface area contributed by atoms with Crippen molar-refractivity contribution in [2.75, 3.05) is 0 Å². The molecule has 0 amide bonds. The molecule has 2 nitrogen and oxygen atoms in total. The van der Waals surface area contributed by atoms with Crippen LogP contribution in [0.25, 0.3) is 0 Å². The van der Waals surface area contributed by atoms with Gasteiger partial charge in [0.1, 0.15) is 0 Å². The van der Waals surface area contributed by atoms with E-state index in [1.807, 2.05) is 0 Å². The van der Waals surface area contributed by atoms with Gasteiger partial charge in [-0.25, -0.2) is 4.79 Å². The molecule has 2 aliphatic carbocycles. The topological polar surface area (TPSA) is 37.3 Å². The molecule has 2 heteroatoms. The van der Waals surface area contributed by atoms with E-state index in [-0.39, 0.29) is 0 Å². The van der Waals surface area contributed by atoms with Gasteiger partial charge in [0.25, 0.3) is 0 Å². The highest BCUT2D eigenvalue weighted by Gasteiger charge is 2.30. The molecule has 0 aliphatic heterocycles. The Labute approximate surface area is 90.7 Å². The van der Waals surface area contributed by atoms with Crippen LogP contribution in [0.15, 0.2) is 23.3 Å². The van der Waals surface area contributed by atoms with Gasteiger partial charge in [-0.15, -0.1) is 0 Å². The number of hydrogen-bond donors (Lipinski definition) is 1. The molecule has 0 unspecified atom stereocenters. The van der Waals surface area contributed by atoms with Crippen LogP contribution in [-0.4, -0.2) is 11.1 Å². The molecule has 0 aromatic rings. The van der Waals surface area contributed by atoms with Crippen LogP contribution < -0.4 is 0 Å². The summed E-state index contributed by atoms with van der Waals surface area (Å²) in [5.74, 6) is 0.435. The molecule has 82 valence electrons. The highest BCUT2D eigenvalue weighted by atomic mass is 16.4. The van der Waals surface area contributed by atoms with E-state index in [1.165, 1.54) is 30.1 Å². The van der Waals surface area contributed by atoms with E-state index in [9.17, 15) is 4.79 Å². The fourth-order valence-electron chi connectivity index (χ4n) is 3.01. The van der Waals surface area contributed by atoms with Gasteiger partial charge in [0.05, 0.1) is 0 Å². The zero-order valence-corrected chi connectivity index (χ0v) is 9.20. The van der Waals surface area contributed by atoms with Crippen molar-refractivity contribution in [2.24, 2.45) is 11.8 Å². The minimum Gasteiger partial charge on any atom is -0.478 e. The molecule has 0 bridgehead atoms. The minimum atomic E-state index is -0.781. The normalized spacial score (nSPS) is 33.4. The molecule has 1 N–H and O–H groups in total. The van der Waals surface area contributed by atoms with Crippen LogP contribution in [0.3, 0.4) is 0 Å². The lowest BCUT2D eigenvalue weighted by atomic mass is 9.69. The Kier molecular flexibility index (Phi) is 2.94. The van der Waals surface area contributed by atoms with Crippen LogP contribution >= 0.6 is 0 Å². The lowest BCUT2D eigenvalue weighted by Gasteiger charge is -2.36. The predicted octanol–water partition coefficient (Wildman–Crippen LogP) is 3.15. The van der Waals surface area contributed by atoms with Crippen molar-refractivity contribution in [1.82, 2.24) is 0 Å². The number of aliphatic carboxylic acids is 1. The van der Waals surface area contributed by atoms with E-state index in [0.29, 0.717) is 11.8 Å². The maximum Gasteiger partial charge on any atom is 0.328 e. The van der Waals surface area contributed by atoms with Crippen molar-refractivity contribution < 1.29 is 9.90 Å². The lowest BCUT2D eigenvalue weighted by molar-refractivity contribution is -0.131. The summed E-state index contributed by atoms with van der Waals surface area (Å²) in [6, 6.07) is 0. The first-order chi connectivity index (χ1) is 7.16. The molecule has 2 atom stereocenters. The summed E-state index contributed by atoms with van der Waals surface area (Å²) in [7, 11) is 0. The van der Waals surface area contributed by atoms with E-state index in [0.717, 1.165) is 19.3 Å². The van der Waals surface area contributed by atoms with E-state index in [2.05, 4.69) is 13.0 Å². The first-order valence-electron chi connectivity index (χ1n) is 5.76. The molecule has 0 radical (unpaired) electrons. The number of hydrogen-bond acceptors (Lipinski definition) is 1. The SMILES string of the molecule is CC1=CC[C@H]2/C(=C/C(=O)O)CCC[C@@H]2C1. The predicted molar refractivity (Wildman–Crippen MR) is 59.5 cm³/mol. The van der Waals surface area contributed by atoms with Gasteiger partial charge < -0.3 is 5.11 Å². The standard InChI is InChI=1S/C13H18O2/c1-9-5-6-12-10(7-9)3-2-4-11(12)8-13(14)15/h5,8,10,12H,2-4,6-7H2,1H3,(H,14,15)/b11-8+/t10-,12-/m1/s1. The molecule has 0 saturated heterocycles. The highest BCUT2D eigenvalue weighted by molar-refractivity contribution is 5.80. The lowest BCUT2D eigenvalue weighted by Crippen LogP contribution is -2.25. The smallest absolute Gasteiger partial charge is 0.328 e. The molecule has 0 spiro atoms. The molecule has 0 heterocycles. The average Bonchev–Trinajstić information content (AvgIpc) is 2.16. The van der Waals surface area contributed by atoms with Gasteiger partial charge in [-0.1, -0.05) is 17.2 Å². The third-order valence-electron chi connectivity index (χ3n) is 3.70. The molecular weight excluding hydrogens is 188 g/mol. The maximum absolute atomic E-state index is 10.7. The van der Waals surface area contributed by atoms with Gasteiger partial charge >= 0.3 is 5.97 Å². The average molecular weight is 206 g/mol. The van der Waals surface area contributed by atoms with E-state index in [4.69, 9.17) is 5.11 Å². The van der Waals surface area contributed by atoms with E-state index in [1.54, 1.807) is 0 Å². The van der Waals surface area contributed by atoms with Gasteiger partial charge in [-0.05, 0) is 50.9 Å². The Balaban J connectivity index is 2.18. The van der Waals surface area contributed by atoms with Crippen LogP contribution in [0.5, 0.6) is 0 Å². The van der Waals surface area contributed by atoms with Crippen molar-refractivity contribution in [3.63, 3.8) is 0 Å². The molecule has 1 saturated carbocycles. The number of carboxylic acids is 1. The van der Waals surface area contributed by atoms with Gasteiger partial charge in [0.15, 0.2) is 0 Å². The van der Waals surface area contributed by atoms with Crippen LogP contribution in [0.2, 0.25) is 0 Å². The van der Waals surface area contributed by atoms with Crippen LogP contribution in [0.1, 0.15) is 39.0 Å². The van der Waals surface area contributed by atoms with E-state index >= 15 is 0 Å². The third kappa shape index (κ3) is 2.31. The fraction of sp³-hybridized carbons (Fsp3) is 0.615. The zero-order valence-electron chi connectivity index (χ0n) is 9.20. The number of fused-ring (bicyclic) bond motifs is 1. The largest absolute Gasteiger partial charge is 0.478 e. The number of rotatable bonds is 1. The number of carboxylic acid groups (broad SMARTS) is 1. The van der Waals surface area contributed by atoms with E-state index < -0.39 is 5.97 Å². The second kappa shape index (κ2) is 4.21. The summed E-state index contributed by atoms with van der Waals surface area (Å²) < 4.78 is 0. The second-order valence-electron chi connectivity index (χ2n) is 4.81. The Morgan fingerprint density at radius 2 is 2.40 bits per heavy atom. The van der Waals surface area contributed by atoms with Crippen LogP contribution in [0.4, 0.5) is 0 Å². The Morgan fingerprint density at radius 1 is 1.60 bits per heavy atom. The summed E-state index contributed by atoms with van der Waals surface area (Å²) in [5, 5.41) is 8.82. The van der Waals surface area contributed by atoms with Crippen molar-refractivity contribution in [1.29, 1.82) is 0 Å². The monoisotopic (exact) mass is 206 g/mol. The van der Waals surface area contributed by atoms with Gasteiger partial charge in [0.2, 0.25) is 0 Å². The summed E-state index contributed by atoms with van der Waals surface area (Å²) in [4.78, 5) is 10.7. The van der Waals surface area contributed by atoms with Crippen molar-refractivity contribution in [3.05, 3.63) is 23.3 Å². The molecule has 2 rings (SSSR count). The molecule has 15 heavy (non-hydrogen) atoms. The van der Waals surface area contributed by atoms with Crippen LogP contribution in [-0.2, 0) is 4.79 Å². The summed E-state index contributed by atoms with van der Waals surface area (Å²) in [6.45, 7) is 2.19. The maximum atomic E-state index is 10.7. The van der Waals surface area contributed by atoms with Crippen molar-refractivity contribution >= 4 is 5.97 Å². The zero-order chi connectivity index (χ0) is 10.8. The van der Waals surface area contributed by atoms with Crippen molar-refractivity contribution in [3.8, 4) is 0 Å². The number of allylic oxidation sites excluding steroid dienone is 3.